The summed E-state index contributed by atoms with van der Waals surface area (Å²) in [5.74, 6) is 0. The average Bonchev–Trinajstić information content (AvgIpc) is 2.60. The molecule has 2 rings (SSSR count). The van der Waals surface area contributed by atoms with Gasteiger partial charge in [0.2, 0.25) is 0 Å². The number of cyclic esters (lactones) is 1. The van der Waals surface area contributed by atoms with Crippen LogP contribution in [0.4, 0.5) is 10.5 Å². The lowest BCUT2D eigenvalue weighted by Gasteiger charge is -2.20. The highest BCUT2D eigenvalue weighted by molar-refractivity contribution is 9.10. The second-order valence-corrected chi connectivity index (χ2v) is 4.57. The van der Waals surface area contributed by atoms with Gasteiger partial charge in [0, 0.05) is 10.2 Å². The molecule has 1 saturated heterocycles. The van der Waals surface area contributed by atoms with E-state index in [4.69, 9.17) is 10.5 Å². The molecule has 1 unspecified atom stereocenters. The van der Waals surface area contributed by atoms with E-state index in [2.05, 4.69) is 15.9 Å². The summed E-state index contributed by atoms with van der Waals surface area (Å²) in [6.07, 6.45) is 0.453. The van der Waals surface area contributed by atoms with Crippen LogP contribution in [0.25, 0.3) is 0 Å². The van der Waals surface area contributed by atoms with Gasteiger partial charge in [0.05, 0.1) is 6.04 Å². The van der Waals surface area contributed by atoms with Crippen LogP contribution in [0.3, 0.4) is 0 Å². The fraction of sp³-hybridized carbons (Fsp3) is 0.364. The highest BCUT2D eigenvalue weighted by Crippen LogP contribution is 2.26. The van der Waals surface area contributed by atoms with Crippen molar-refractivity contribution in [1.82, 2.24) is 0 Å². The average molecular weight is 285 g/mol. The predicted molar refractivity (Wildman–Crippen MR) is 65.4 cm³/mol. The lowest BCUT2D eigenvalue weighted by Crippen LogP contribution is -2.34. The molecule has 0 aromatic heterocycles. The Morgan fingerprint density at radius 1 is 1.56 bits per heavy atom. The van der Waals surface area contributed by atoms with Gasteiger partial charge in [-0.3, -0.25) is 4.90 Å². The molecule has 1 fully saturated rings. The summed E-state index contributed by atoms with van der Waals surface area (Å²) in [5.41, 5.74) is 6.36. The van der Waals surface area contributed by atoms with Crippen LogP contribution in [0.5, 0.6) is 0 Å². The first-order chi connectivity index (χ1) is 7.72. The number of anilines is 1. The molecule has 0 bridgehead atoms. The van der Waals surface area contributed by atoms with Crippen LogP contribution in [0.2, 0.25) is 0 Å². The van der Waals surface area contributed by atoms with E-state index in [1.807, 2.05) is 24.3 Å². The Bertz CT molecular complexity index is 397. The second kappa shape index (κ2) is 4.84. The Labute approximate surface area is 102 Å². The van der Waals surface area contributed by atoms with E-state index in [1.54, 1.807) is 4.90 Å². The van der Waals surface area contributed by atoms with Gasteiger partial charge < -0.3 is 10.5 Å². The number of carbonyl (C=O) groups excluding carboxylic acids is 1. The quantitative estimate of drug-likeness (QED) is 0.925. The molecule has 86 valence electrons. The number of nitrogens with zero attached hydrogens (tertiary/aromatic N) is 1. The van der Waals surface area contributed by atoms with Crippen LogP contribution >= 0.6 is 15.9 Å². The molecule has 4 nitrogen and oxygen atoms in total. The molecule has 0 radical (unpaired) electrons. The van der Waals surface area contributed by atoms with Crippen molar-refractivity contribution in [2.45, 2.75) is 12.5 Å². The van der Waals surface area contributed by atoms with Gasteiger partial charge in [-0.25, -0.2) is 4.79 Å². The first-order valence-electron chi connectivity index (χ1n) is 5.14. The third-order valence-corrected chi connectivity index (χ3v) is 3.04. The van der Waals surface area contributed by atoms with Gasteiger partial charge in [0.1, 0.15) is 6.61 Å². The van der Waals surface area contributed by atoms with Gasteiger partial charge in [0.15, 0.2) is 0 Å². The first-order valence-corrected chi connectivity index (χ1v) is 5.93. The highest BCUT2D eigenvalue weighted by atomic mass is 79.9. The highest BCUT2D eigenvalue weighted by Gasteiger charge is 2.33. The maximum Gasteiger partial charge on any atom is 0.414 e. The monoisotopic (exact) mass is 284 g/mol. The molecule has 1 aliphatic heterocycles. The number of nitrogens with two attached hydrogens (primary N) is 1. The van der Waals surface area contributed by atoms with Gasteiger partial charge >= 0.3 is 6.09 Å². The molecule has 1 atom stereocenters. The summed E-state index contributed by atoms with van der Waals surface area (Å²) in [4.78, 5) is 13.3. The van der Waals surface area contributed by atoms with E-state index in [1.165, 1.54) is 0 Å². The first kappa shape index (κ1) is 11.4. The van der Waals surface area contributed by atoms with Gasteiger partial charge in [-0.05, 0) is 31.2 Å². The summed E-state index contributed by atoms with van der Waals surface area (Å²) in [6, 6.07) is 7.65. The predicted octanol–water partition coefficient (Wildman–Crippen LogP) is 2.12. The Morgan fingerprint density at radius 3 is 3.06 bits per heavy atom. The zero-order valence-electron chi connectivity index (χ0n) is 8.73. The van der Waals surface area contributed by atoms with E-state index < -0.39 is 0 Å². The molecule has 1 aromatic rings. The van der Waals surface area contributed by atoms with Crippen LogP contribution in [0.1, 0.15) is 6.42 Å². The number of halogens is 1. The number of ether oxygens (including phenoxy) is 1. The number of amides is 1. The Hall–Kier alpha value is -1.07. The van der Waals surface area contributed by atoms with E-state index in [9.17, 15) is 4.79 Å². The Kier molecular flexibility index (Phi) is 3.46. The summed E-state index contributed by atoms with van der Waals surface area (Å²) in [7, 11) is 0. The molecule has 16 heavy (non-hydrogen) atoms. The fourth-order valence-corrected chi connectivity index (χ4v) is 2.19. The van der Waals surface area contributed by atoms with Crippen molar-refractivity contribution < 1.29 is 9.53 Å². The van der Waals surface area contributed by atoms with Gasteiger partial charge in [-0.15, -0.1) is 0 Å². The van der Waals surface area contributed by atoms with Crippen LogP contribution in [0, 0.1) is 0 Å². The van der Waals surface area contributed by atoms with Gasteiger partial charge in [-0.2, -0.15) is 0 Å². The van der Waals surface area contributed by atoms with Crippen LogP contribution in [0.15, 0.2) is 28.7 Å². The molecule has 0 aliphatic carbocycles. The second-order valence-electron chi connectivity index (χ2n) is 3.66. The number of benzene rings is 1. The molecule has 5 heteroatoms. The zero-order chi connectivity index (χ0) is 11.5. The van der Waals surface area contributed by atoms with E-state index >= 15 is 0 Å². The minimum absolute atomic E-state index is 0.0480. The molecular weight excluding hydrogens is 272 g/mol. The largest absolute Gasteiger partial charge is 0.447 e. The van der Waals surface area contributed by atoms with Crippen molar-refractivity contribution in [2.24, 2.45) is 5.73 Å². The van der Waals surface area contributed by atoms with E-state index in [-0.39, 0.29) is 12.1 Å². The molecule has 1 aliphatic rings. The SMILES string of the molecule is NCCC1COC(=O)N1c1cccc(Br)c1. The van der Waals surface area contributed by atoms with Crippen LogP contribution < -0.4 is 10.6 Å². The van der Waals surface area contributed by atoms with Crippen molar-refractivity contribution in [1.29, 1.82) is 0 Å². The Morgan fingerprint density at radius 2 is 2.38 bits per heavy atom. The molecule has 0 spiro atoms. The maximum absolute atomic E-state index is 11.6. The standard InChI is InChI=1S/C11H13BrN2O2/c12-8-2-1-3-9(6-8)14-10(4-5-13)7-16-11(14)15/h1-3,6,10H,4-5,7,13H2. The summed E-state index contributed by atoms with van der Waals surface area (Å²) < 4.78 is 5.98. The molecule has 1 heterocycles. The Balaban J connectivity index is 2.26. The topological polar surface area (TPSA) is 55.6 Å². The van der Waals surface area contributed by atoms with Crippen molar-refractivity contribution in [3.05, 3.63) is 28.7 Å². The summed E-state index contributed by atoms with van der Waals surface area (Å²) in [6.45, 7) is 0.967. The van der Waals surface area contributed by atoms with Crippen molar-refractivity contribution in [2.75, 3.05) is 18.1 Å². The molecule has 1 aromatic carbocycles. The molecular formula is C11H13BrN2O2. The van der Waals surface area contributed by atoms with E-state index in [0.29, 0.717) is 13.2 Å². The third-order valence-electron chi connectivity index (χ3n) is 2.55. The van der Waals surface area contributed by atoms with Crippen molar-refractivity contribution in [3.63, 3.8) is 0 Å². The summed E-state index contributed by atoms with van der Waals surface area (Å²) in [5, 5.41) is 0. The maximum atomic E-state index is 11.6. The lowest BCUT2D eigenvalue weighted by molar-refractivity contribution is 0.178. The van der Waals surface area contributed by atoms with E-state index in [0.717, 1.165) is 16.6 Å². The molecule has 0 saturated carbocycles. The van der Waals surface area contributed by atoms with Crippen molar-refractivity contribution in [3.8, 4) is 0 Å². The number of hydrogen-bond acceptors (Lipinski definition) is 3. The van der Waals surface area contributed by atoms with Crippen LogP contribution in [-0.2, 0) is 4.74 Å². The minimum Gasteiger partial charge on any atom is -0.447 e. The lowest BCUT2D eigenvalue weighted by atomic mass is 10.2. The van der Waals surface area contributed by atoms with Crippen molar-refractivity contribution >= 4 is 27.7 Å². The molecule has 2 N–H and O–H groups in total. The number of carbonyl (C=O) groups is 1. The van der Waals surface area contributed by atoms with Crippen LogP contribution in [-0.4, -0.2) is 25.3 Å². The molecule has 1 amide bonds. The van der Waals surface area contributed by atoms with Gasteiger partial charge in [-0.1, -0.05) is 22.0 Å². The fourth-order valence-electron chi connectivity index (χ4n) is 1.81. The third kappa shape index (κ3) is 2.20. The van der Waals surface area contributed by atoms with Gasteiger partial charge in [0.25, 0.3) is 0 Å². The minimum atomic E-state index is -0.295. The number of hydrogen-bond donors (Lipinski definition) is 1. The summed E-state index contributed by atoms with van der Waals surface area (Å²) >= 11 is 3.38. The normalized spacial score (nSPS) is 20.0. The zero-order valence-corrected chi connectivity index (χ0v) is 10.3. The smallest absolute Gasteiger partial charge is 0.414 e. The number of rotatable bonds is 3.